The van der Waals surface area contributed by atoms with Crippen molar-refractivity contribution in [3.63, 3.8) is 0 Å². The molecule has 4 aromatic rings. The molecule has 1 amide bonds. The fraction of sp³-hybridized carbons (Fsp3) is 0.412. The van der Waals surface area contributed by atoms with Gasteiger partial charge in [-0.1, -0.05) is 12.6 Å². The number of aromatic nitrogens is 2. The molecule has 2 atom stereocenters. The van der Waals surface area contributed by atoms with Crippen LogP contribution < -0.4 is 15.4 Å². The summed E-state index contributed by atoms with van der Waals surface area (Å²) in [6, 6.07) is 3.42. The minimum atomic E-state index is -5.08. The molecule has 0 bridgehead atoms. The van der Waals surface area contributed by atoms with E-state index in [1.807, 2.05) is 0 Å². The summed E-state index contributed by atoms with van der Waals surface area (Å²) < 4.78 is 80.6. The molecule has 0 saturated carbocycles. The third kappa shape index (κ3) is 6.59. The van der Waals surface area contributed by atoms with Crippen molar-refractivity contribution in [1.29, 1.82) is 5.26 Å². The van der Waals surface area contributed by atoms with E-state index in [-0.39, 0.29) is 68.0 Å². The van der Waals surface area contributed by atoms with Gasteiger partial charge in [-0.2, -0.15) is 28.4 Å². The zero-order chi connectivity index (χ0) is 35.8. The van der Waals surface area contributed by atoms with Crippen LogP contribution in [-0.4, -0.2) is 78.1 Å². The number of ether oxygens (including phenoxy) is 1. The van der Waals surface area contributed by atoms with Crippen molar-refractivity contribution in [3.8, 4) is 23.2 Å². The Morgan fingerprint density at radius 3 is 2.49 bits per heavy atom. The molecular weight excluding hydrogens is 665 g/mol. The first-order valence-corrected chi connectivity index (χ1v) is 16.5. The number of nitriles is 1. The van der Waals surface area contributed by atoms with Gasteiger partial charge in [0.2, 0.25) is 5.91 Å². The molecule has 9 nitrogen and oxygen atoms in total. The van der Waals surface area contributed by atoms with Crippen LogP contribution in [0.5, 0.6) is 6.01 Å². The highest BCUT2D eigenvalue weighted by molar-refractivity contribution is 7.23. The molecule has 2 N–H and O–H groups in total. The molecule has 260 valence electrons. The fourth-order valence-corrected chi connectivity index (χ4v) is 7.63. The molecule has 2 fully saturated rings. The van der Waals surface area contributed by atoms with E-state index < -0.39 is 34.5 Å². The Balaban J connectivity index is 0.000000704. The van der Waals surface area contributed by atoms with Gasteiger partial charge in [0, 0.05) is 35.5 Å². The van der Waals surface area contributed by atoms with Crippen molar-refractivity contribution in [2.24, 2.45) is 0 Å². The minimum Gasteiger partial charge on any atom is -0.467 e. The van der Waals surface area contributed by atoms with Crippen molar-refractivity contribution in [3.05, 3.63) is 53.6 Å². The molecule has 6 rings (SSSR count). The number of anilines is 2. The van der Waals surface area contributed by atoms with Crippen LogP contribution in [-0.2, 0) is 11.0 Å². The van der Waals surface area contributed by atoms with Gasteiger partial charge in [0.25, 0.3) is 0 Å². The molecule has 2 aliphatic rings. The van der Waals surface area contributed by atoms with Gasteiger partial charge < -0.3 is 25.2 Å². The van der Waals surface area contributed by atoms with Crippen molar-refractivity contribution in [2.45, 2.75) is 51.4 Å². The second kappa shape index (κ2) is 14.1. The molecule has 2 aromatic heterocycles. The summed E-state index contributed by atoms with van der Waals surface area (Å²) in [4.78, 5) is 26.5. The molecule has 4 heterocycles. The highest BCUT2D eigenvalue weighted by Gasteiger charge is 2.41. The maximum Gasteiger partial charge on any atom is 0.417 e. The van der Waals surface area contributed by atoms with E-state index in [1.54, 1.807) is 29.7 Å². The number of thiophene rings is 1. The van der Waals surface area contributed by atoms with Gasteiger partial charge in [-0.3, -0.25) is 4.79 Å². The number of carbonyl (C=O) groups excluding carboxylic acids is 1. The lowest BCUT2D eigenvalue weighted by atomic mass is 9.92. The molecule has 2 aromatic carbocycles. The standard InChI is InChI=1S/C29H25F5N6O2S.C5H11N/c1-5-20(41)40-10-9-19(13(40)3)39(6-2)27-15-11-17(29(32,33)34)22(23(31)24(15)37-28(38-27)42-4)14-7-8-18(30)25-21(14)16(12-35)26(36)43-25;1-6-4-2-3-5-6/h5,7-8,11,13,19H,1,6,9-10,36H2,2-4H3;2-5H2,1H3/t13-,19-;/m1./s1. The van der Waals surface area contributed by atoms with Crippen LogP contribution in [0.1, 0.15) is 44.2 Å². The SMILES string of the molecule is C=CC(=O)N1CC[C@@H](N(CC)c2nc(OC)nc3c(F)c(-c4ccc(F)c5sc(N)c(C#N)c45)c(C(F)(F)F)cc23)[C@H]1C.CN1CCCC1. The highest BCUT2D eigenvalue weighted by Crippen LogP contribution is 2.48. The lowest BCUT2D eigenvalue weighted by Crippen LogP contribution is -2.45. The van der Waals surface area contributed by atoms with Crippen LogP contribution in [0.3, 0.4) is 0 Å². The molecule has 2 aliphatic heterocycles. The third-order valence-corrected chi connectivity index (χ3v) is 10.1. The normalized spacial score (nSPS) is 18.0. The van der Waals surface area contributed by atoms with Crippen molar-refractivity contribution >= 4 is 49.1 Å². The summed E-state index contributed by atoms with van der Waals surface area (Å²) in [6.07, 6.45) is -0.594. The number of benzene rings is 2. The van der Waals surface area contributed by atoms with Gasteiger partial charge in [0.15, 0.2) is 5.82 Å². The predicted octanol–water partition coefficient (Wildman–Crippen LogP) is 6.98. The number of halogens is 5. The summed E-state index contributed by atoms with van der Waals surface area (Å²) in [5.74, 6) is -2.46. The second-order valence-electron chi connectivity index (χ2n) is 11.9. The number of nitrogens with zero attached hydrogens (tertiary/aromatic N) is 6. The fourth-order valence-electron chi connectivity index (χ4n) is 6.68. The summed E-state index contributed by atoms with van der Waals surface area (Å²) in [7, 11) is 3.41. The summed E-state index contributed by atoms with van der Waals surface area (Å²) in [6.45, 7) is 10.4. The number of nitrogens with two attached hydrogens (primary N) is 1. The Hall–Kier alpha value is -4.55. The lowest BCUT2D eigenvalue weighted by Gasteiger charge is -2.34. The summed E-state index contributed by atoms with van der Waals surface area (Å²) in [5, 5.41) is 9.12. The number of likely N-dealkylation sites (N-methyl/N-ethyl adjacent to an activating group) is 1. The first-order valence-electron chi connectivity index (χ1n) is 15.7. The molecular formula is C34H36F5N7O2S. The zero-order valence-corrected chi connectivity index (χ0v) is 28.3. The zero-order valence-electron chi connectivity index (χ0n) is 27.5. The van der Waals surface area contributed by atoms with Gasteiger partial charge in [-0.05, 0) is 77.0 Å². The Bertz CT molecular complexity index is 1950. The number of nitrogen functional groups attached to an aromatic ring is 1. The summed E-state index contributed by atoms with van der Waals surface area (Å²) >= 11 is 0.685. The Morgan fingerprint density at radius 1 is 1.24 bits per heavy atom. The number of hydrogen-bond donors (Lipinski definition) is 1. The number of amides is 1. The number of alkyl halides is 3. The van der Waals surface area contributed by atoms with Crippen molar-refractivity contribution in [1.82, 2.24) is 19.8 Å². The first-order chi connectivity index (χ1) is 23.3. The average Bonchev–Trinajstić information content (AvgIpc) is 3.80. The Morgan fingerprint density at radius 2 is 1.94 bits per heavy atom. The molecule has 2 saturated heterocycles. The molecule has 0 radical (unpaired) electrons. The molecule has 0 unspecified atom stereocenters. The highest BCUT2D eigenvalue weighted by atomic mass is 32.1. The summed E-state index contributed by atoms with van der Waals surface area (Å²) in [5.41, 5.74) is 2.53. The number of likely N-dealkylation sites (tertiary alicyclic amines) is 2. The molecule has 0 spiro atoms. The third-order valence-electron chi connectivity index (χ3n) is 9.09. The molecule has 15 heteroatoms. The number of methoxy groups -OCH3 is 1. The number of carbonyl (C=O) groups is 1. The van der Waals surface area contributed by atoms with Gasteiger partial charge in [0.05, 0.1) is 29.0 Å². The van der Waals surface area contributed by atoms with E-state index in [4.69, 9.17) is 10.5 Å². The van der Waals surface area contributed by atoms with Crippen LogP contribution in [0.15, 0.2) is 30.9 Å². The number of hydrogen-bond acceptors (Lipinski definition) is 9. The van der Waals surface area contributed by atoms with Crippen molar-refractivity contribution < 1.29 is 31.5 Å². The first kappa shape index (κ1) is 35.7. The van der Waals surface area contributed by atoms with Crippen LogP contribution in [0.25, 0.3) is 32.1 Å². The number of rotatable bonds is 6. The van der Waals surface area contributed by atoms with Gasteiger partial charge >= 0.3 is 12.2 Å². The van der Waals surface area contributed by atoms with E-state index in [0.29, 0.717) is 24.3 Å². The topological polar surface area (TPSA) is 112 Å². The second-order valence-corrected chi connectivity index (χ2v) is 13.0. The maximum atomic E-state index is 16.6. The maximum absolute atomic E-state index is 16.6. The van der Waals surface area contributed by atoms with Gasteiger partial charge in [-0.15, -0.1) is 11.3 Å². The lowest BCUT2D eigenvalue weighted by molar-refractivity contribution is -0.137. The van der Waals surface area contributed by atoms with Crippen LogP contribution in [0, 0.1) is 23.0 Å². The largest absolute Gasteiger partial charge is 0.467 e. The molecule has 0 aliphatic carbocycles. The minimum absolute atomic E-state index is 0.00760. The smallest absolute Gasteiger partial charge is 0.417 e. The average molecular weight is 702 g/mol. The van der Waals surface area contributed by atoms with Gasteiger partial charge in [0.1, 0.15) is 28.2 Å². The van der Waals surface area contributed by atoms with E-state index in [1.165, 1.54) is 39.1 Å². The molecule has 49 heavy (non-hydrogen) atoms. The van der Waals surface area contributed by atoms with Crippen LogP contribution in [0.4, 0.5) is 32.8 Å². The Labute approximate surface area is 284 Å². The van der Waals surface area contributed by atoms with Crippen LogP contribution in [0.2, 0.25) is 0 Å². The quantitative estimate of drug-likeness (QED) is 0.169. The van der Waals surface area contributed by atoms with Crippen LogP contribution >= 0.6 is 11.3 Å². The van der Waals surface area contributed by atoms with Gasteiger partial charge in [-0.25, -0.2) is 8.78 Å². The monoisotopic (exact) mass is 701 g/mol. The Kier molecular flexibility index (Phi) is 10.3. The number of fused-ring (bicyclic) bond motifs is 2. The van der Waals surface area contributed by atoms with Crippen molar-refractivity contribution in [2.75, 3.05) is 51.0 Å². The van der Waals surface area contributed by atoms with E-state index in [2.05, 4.69) is 28.5 Å². The predicted molar refractivity (Wildman–Crippen MR) is 180 cm³/mol. The van der Waals surface area contributed by atoms with E-state index >= 15 is 4.39 Å². The van der Waals surface area contributed by atoms with E-state index in [0.717, 1.165) is 18.2 Å². The van der Waals surface area contributed by atoms with E-state index in [9.17, 15) is 27.6 Å².